The van der Waals surface area contributed by atoms with E-state index in [9.17, 15) is 0 Å². The summed E-state index contributed by atoms with van der Waals surface area (Å²) < 4.78 is 0. The van der Waals surface area contributed by atoms with Crippen LogP contribution in [0, 0.1) is 5.92 Å². The van der Waals surface area contributed by atoms with Crippen molar-refractivity contribution in [1.82, 2.24) is 5.32 Å². The van der Waals surface area contributed by atoms with Crippen molar-refractivity contribution in [1.29, 1.82) is 0 Å². The van der Waals surface area contributed by atoms with E-state index >= 15 is 0 Å². The van der Waals surface area contributed by atoms with Crippen molar-refractivity contribution >= 4 is 23.4 Å². The van der Waals surface area contributed by atoms with E-state index in [0.717, 1.165) is 18.3 Å². The van der Waals surface area contributed by atoms with Gasteiger partial charge in [0.05, 0.1) is 0 Å². The fourth-order valence-electron chi connectivity index (χ4n) is 2.12. The molecule has 1 rings (SSSR count). The van der Waals surface area contributed by atoms with Gasteiger partial charge < -0.3 is 5.32 Å². The molecule has 0 amide bonds. The van der Waals surface area contributed by atoms with E-state index in [2.05, 4.69) is 12.2 Å². The summed E-state index contributed by atoms with van der Waals surface area (Å²) in [5.74, 6) is 4.02. The molecule has 0 saturated heterocycles. The number of nitrogens with one attached hydrogen (secondary N) is 1. The summed E-state index contributed by atoms with van der Waals surface area (Å²) in [6, 6.07) is 0.693. The zero-order valence-corrected chi connectivity index (χ0v) is 10.7. The van der Waals surface area contributed by atoms with Crippen molar-refractivity contribution in [2.45, 2.75) is 38.6 Å². The van der Waals surface area contributed by atoms with Gasteiger partial charge in [0, 0.05) is 24.2 Å². The van der Waals surface area contributed by atoms with E-state index in [4.69, 9.17) is 11.6 Å². The topological polar surface area (TPSA) is 12.0 Å². The third kappa shape index (κ3) is 4.41. The van der Waals surface area contributed by atoms with Gasteiger partial charge in [-0.15, -0.1) is 11.6 Å². The second kappa shape index (κ2) is 7.84. The maximum absolute atomic E-state index is 5.97. The van der Waals surface area contributed by atoms with Crippen molar-refractivity contribution < 1.29 is 0 Å². The van der Waals surface area contributed by atoms with Crippen molar-refractivity contribution in [3.05, 3.63) is 0 Å². The largest absolute Gasteiger partial charge is 0.313 e. The molecular formula is C11H22ClNS. The van der Waals surface area contributed by atoms with Crippen molar-refractivity contribution in [2.75, 3.05) is 23.9 Å². The van der Waals surface area contributed by atoms with E-state index < -0.39 is 0 Å². The highest BCUT2D eigenvalue weighted by molar-refractivity contribution is 7.99. The van der Waals surface area contributed by atoms with Gasteiger partial charge in [-0.1, -0.05) is 19.8 Å². The Morgan fingerprint density at radius 2 is 2.14 bits per heavy atom. The van der Waals surface area contributed by atoms with Gasteiger partial charge in [-0.2, -0.15) is 11.8 Å². The Balaban J connectivity index is 2.13. The van der Waals surface area contributed by atoms with E-state index in [1.807, 2.05) is 11.8 Å². The summed E-state index contributed by atoms with van der Waals surface area (Å²) in [4.78, 5) is 0. The van der Waals surface area contributed by atoms with Gasteiger partial charge in [0.25, 0.3) is 0 Å². The molecule has 0 radical (unpaired) electrons. The second-order valence-corrected chi connectivity index (χ2v) is 5.66. The lowest BCUT2D eigenvalue weighted by atomic mass is 9.86. The number of alkyl halides is 1. The molecule has 0 spiro atoms. The van der Waals surface area contributed by atoms with Gasteiger partial charge >= 0.3 is 0 Å². The van der Waals surface area contributed by atoms with Crippen LogP contribution in [0.15, 0.2) is 0 Å². The summed E-state index contributed by atoms with van der Waals surface area (Å²) in [5.41, 5.74) is 0. The molecule has 14 heavy (non-hydrogen) atoms. The lowest BCUT2D eigenvalue weighted by Gasteiger charge is -2.31. The Hall–Kier alpha value is 0.600. The molecule has 0 bridgehead atoms. The van der Waals surface area contributed by atoms with E-state index in [0.29, 0.717) is 6.04 Å². The molecule has 3 heteroatoms. The Morgan fingerprint density at radius 1 is 1.36 bits per heavy atom. The van der Waals surface area contributed by atoms with E-state index in [1.165, 1.54) is 37.2 Å². The lowest BCUT2D eigenvalue weighted by molar-refractivity contribution is 0.288. The van der Waals surface area contributed by atoms with Crippen LogP contribution in [0.5, 0.6) is 0 Å². The van der Waals surface area contributed by atoms with Crippen LogP contribution < -0.4 is 5.32 Å². The molecule has 2 atom stereocenters. The molecule has 0 aromatic heterocycles. The van der Waals surface area contributed by atoms with Crippen LogP contribution in [-0.4, -0.2) is 30.0 Å². The first-order chi connectivity index (χ1) is 6.88. The Morgan fingerprint density at radius 3 is 2.86 bits per heavy atom. The van der Waals surface area contributed by atoms with Crippen LogP contribution in [0.25, 0.3) is 0 Å². The smallest absolute Gasteiger partial charge is 0.0266 e. The lowest BCUT2D eigenvalue weighted by Crippen LogP contribution is -2.40. The molecule has 0 heterocycles. The van der Waals surface area contributed by atoms with Crippen LogP contribution in [-0.2, 0) is 0 Å². The second-order valence-electron chi connectivity index (χ2n) is 3.96. The van der Waals surface area contributed by atoms with E-state index in [1.54, 1.807) is 0 Å². The van der Waals surface area contributed by atoms with Gasteiger partial charge in [-0.25, -0.2) is 0 Å². The average Bonchev–Trinajstić information content (AvgIpc) is 2.25. The molecule has 0 aromatic rings. The van der Waals surface area contributed by atoms with Crippen molar-refractivity contribution in [3.63, 3.8) is 0 Å². The molecule has 1 fully saturated rings. The minimum absolute atomic E-state index is 0.693. The zero-order chi connectivity index (χ0) is 10.2. The first-order valence-corrected chi connectivity index (χ1v) is 7.44. The molecule has 84 valence electrons. The minimum atomic E-state index is 0.693. The average molecular weight is 236 g/mol. The normalized spacial score (nSPS) is 27.9. The standard InChI is InChI=1S/C11H22ClNS/c1-2-14-8-7-13-11-6-4-3-5-10(11)9-12/h10-11,13H,2-9H2,1H3. The van der Waals surface area contributed by atoms with Gasteiger partial charge in [-0.3, -0.25) is 0 Å². The fraction of sp³-hybridized carbons (Fsp3) is 1.00. The molecular weight excluding hydrogens is 214 g/mol. The SMILES string of the molecule is CCSCCNC1CCCCC1CCl. The molecule has 1 aliphatic carbocycles. The Bertz CT molecular complexity index is 143. The first kappa shape index (κ1) is 12.7. The van der Waals surface area contributed by atoms with Crippen LogP contribution in [0.3, 0.4) is 0 Å². The first-order valence-electron chi connectivity index (χ1n) is 5.75. The third-order valence-electron chi connectivity index (χ3n) is 2.96. The highest BCUT2D eigenvalue weighted by Crippen LogP contribution is 2.25. The number of rotatable bonds is 6. The molecule has 1 saturated carbocycles. The summed E-state index contributed by atoms with van der Waals surface area (Å²) in [6.45, 7) is 3.36. The highest BCUT2D eigenvalue weighted by atomic mass is 35.5. The van der Waals surface area contributed by atoms with Gasteiger partial charge in [-0.05, 0) is 24.5 Å². The Kier molecular flexibility index (Phi) is 7.09. The summed E-state index contributed by atoms with van der Waals surface area (Å²) in [7, 11) is 0. The fourth-order valence-corrected chi connectivity index (χ4v) is 3.04. The monoisotopic (exact) mass is 235 g/mol. The number of hydrogen-bond donors (Lipinski definition) is 1. The molecule has 1 aliphatic rings. The van der Waals surface area contributed by atoms with Crippen LogP contribution in [0.2, 0.25) is 0 Å². The molecule has 1 nitrogen and oxygen atoms in total. The van der Waals surface area contributed by atoms with Crippen LogP contribution in [0.4, 0.5) is 0 Å². The van der Waals surface area contributed by atoms with E-state index in [-0.39, 0.29) is 0 Å². The molecule has 0 aromatic carbocycles. The van der Waals surface area contributed by atoms with Gasteiger partial charge in [0.2, 0.25) is 0 Å². The summed E-state index contributed by atoms with van der Waals surface area (Å²) >= 11 is 7.98. The van der Waals surface area contributed by atoms with Crippen LogP contribution >= 0.6 is 23.4 Å². The van der Waals surface area contributed by atoms with Crippen LogP contribution in [0.1, 0.15) is 32.6 Å². The maximum Gasteiger partial charge on any atom is 0.0266 e. The quantitative estimate of drug-likeness (QED) is 0.561. The number of halogens is 1. The number of hydrogen-bond acceptors (Lipinski definition) is 2. The number of thioether (sulfide) groups is 1. The van der Waals surface area contributed by atoms with Gasteiger partial charge in [0.15, 0.2) is 0 Å². The van der Waals surface area contributed by atoms with Gasteiger partial charge in [0.1, 0.15) is 0 Å². The molecule has 0 aliphatic heterocycles. The molecule has 2 unspecified atom stereocenters. The summed E-state index contributed by atoms with van der Waals surface area (Å²) in [6.07, 6.45) is 5.40. The highest BCUT2D eigenvalue weighted by Gasteiger charge is 2.23. The van der Waals surface area contributed by atoms with Crippen molar-refractivity contribution in [3.8, 4) is 0 Å². The Labute approximate surface area is 97.4 Å². The molecule has 1 N–H and O–H groups in total. The zero-order valence-electron chi connectivity index (χ0n) is 9.10. The predicted molar refractivity (Wildman–Crippen MR) is 67.5 cm³/mol. The maximum atomic E-state index is 5.97. The van der Waals surface area contributed by atoms with Crippen molar-refractivity contribution in [2.24, 2.45) is 5.92 Å². The predicted octanol–water partition coefficient (Wildman–Crippen LogP) is 3.13. The third-order valence-corrected chi connectivity index (χ3v) is 4.26. The summed E-state index contributed by atoms with van der Waals surface area (Å²) in [5, 5.41) is 3.65. The minimum Gasteiger partial charge on any atom is -0.313 e.